The molecule has 16 heteroatoms. The molecule has 0 radical (unpaired) electrons. The van der Waals surface area contributed by atoms with E-state index in [9.17, 15) is 28.8 Å². The second kappa shape index (κ2) is 15.7. The van der Waals surface area contributed by atoms with Crippen molar-refractivity contribution in [1.82, 2.24) is 20.4 Å². The van der Waals surface area contributed by atoms with Crippen LogP contribution in [0.15, 0.2) is 60.8 Å². The van der Waals surface area contributed by atoms with Crippen LogP contribution >= 0.6 is 23.2 Å². The van der Waals surface area contributed by atoms with Gasteiger partial charge in [0.25, 0.3) is 11.8 Å². The number of Topliss-reactive ketones (excluding diaryl/α,β-unsaturated/α-hetero) is 4. The molecule has 0 atom stereocenters. The Kier molecular flexibility index (Phi) is 12.4. The molecule has 0 unspecified atom stereocenters. The molecule has 0 saturated heterocycles. The van der Waals surface area contributed by atoms with Gasteiger partial charge in [-0.25, -0.2) is 0 Å². The van der Waals surface area contributed by atoms with Crippen LogP contribution in [-0.4, -0.2) is 55.3 Å². The van der Waals surface area contributed by atoms with Crippen LogP contribution in [0.5, 0.6) is 0 Å². The summed E-state index contributed by atoms with van der Waals surface area (Å²) in [6.07, 6.45) is 0.0713. The Hall–Kier alpha value is -5.02. The van der Waals surface area contributed by atoms with Gasteiger partial charge in [0.2, 0.25) is 17.3 Å². The molecule has 4 rings (SSSR count). The van der Waals surface area contributed by atoms with Gasteiger partial charge in [-0.05, 0) is 35.9 Å². The van der Waals surface area contributed by atoms with Crippen LogP contribution in [-0.2, 0) is 19.2 Å². The van der Waals surface area contributed by atoms with E-state index < -0.39 is 47.8 Å². The maximum atomic E-state index is 11.7. The first-order valence-corrected chi connectivity index (χ1v) is 12.4. The standard InChI is InChI=1S/C13H10ClN5O.C13H10ClNO5.H4N2/c14-8-3-1-2-7(4-8)9-6-16-19-12(9)10-5-11(13(15)20)18-17-10;14-8-3-1-2-7(4-8)9(16)5-10(17)11(18)6-12(19)13(15)20;1-2/h1-6H,(H2,15,20)(H,16,19)(H,17,18);1-4H,5-6H2,(H2,15,20);1-2H2. The van der Waals surface area contributed by atoms with Crippen molar-refractivity contribution in [3.8, 4) is 22.5 Å². The Morgan fingerprint density at radius 3 is 1.95 bits per heavy atom. The summed E-state index contributed by atoms with van der Waals surface area (Å²) < 4.78 is 0. The summed E-state index contributed by atoms with van der Waals surface area (Å²) in [5, 5.41) is 14.5. The number of aromatic nitrogens is 4. The highest BCUT2D eigenvalue weighted by atomic mass is 35.5. The van der Waals surface area contributed by atoms with Crippen molar-refractivity contribution in [1.29, 1.82) is 0 Å². The van der Waals surface area contributed by atoms with Crippen molar-refractivity contribution >= 4 is 58.1 Å². The van der Waals surface area contributed by atoms with Crippen LogP contribution in [0.3, 0.4) is 0 Å². The van der Waals surface area contributed by atoms with E-state index in [0.717, 1.165) is 11.1 Å². The number of H-pyrrole nitrogens is 2. The summed E-state index contributed by atoms with van der Waals surface area (Å²) >= 11 is 11.7. The smallest absolute Gasteiger partial charge is 0.285 e. The highest BCUT2D eigenvalue weighted by molar-refractivity contribution is 6.49. The van der Waals surface area contributed by atoms with E-state index >= 15 is 0 Å². The predicted molar refractivity (Wildman–Crippen MR) is 153 cm³/mol. The number of rotatable bonds is 10. The Morgan fingerprint density at radius 2 is 1.38 bits per heavy atom. The van der Waals surface area contributed by atoms with Gasteiger partial charge in [-0.1, -0.05) is 47.5 Å². The fourth-order valence-corrected chi connectivity index (χ4v) is 3.65. The van der Waals surface area contributed by atoms with E-state index in [2.05, 4.69) is 37.8 Å². The molecule has 42 heavy (non-hydrogen) atoms. The van der Waals surface area contributed by atoms with Gasteiger partial charge < -0.3 is 11.5 Å². The molecular formula is C26H24Cl2N8O6. The first-order chi connectivity index (χ1) is 20.0. The van der Waals surface area contributed by atoms with Gasteiger partial charge in [-0.2, -0.15) is 10.2 Å². The number of hydrogen-bond donors (Lipinski definition) is 6. The number of amides is 2. The number of benzene rings is 2. The van der Waals surface area contributed by atoms with Crippen LogP contribution < -0.4 is 23.2 Å². The molecule has 0 spiro atoms. The number of halogens is 2. The minimum atomic E-state index is -1.30. The lowest BCUT2D eigenvalue weighted by atomic mass is 10.0. The van der Waals surface area contributed by atoms with Gasteiger partial charge in [-0.3, -0.25) is 50.6 Å². The molecule has 2 heterocycles. The van der Waals surface area contributed by atoms with E-state index in [4.69, 9.17) is 28.9 Å². The molecule has 0 fully saturated rings. The minimum Gasteiger partial charge on any atom is -0.364 e. The fraction of sp³-hybridized carbons (Fsp3) is 0.0769. The molecule has 0 aliphatic heterocycles. The number of hydrazine groups is 1. The highest BCUT2D eigenvalue weighted by Gasteiger charge is 2.23. The Balaban J connectivity index is 0.000000277. The van der Waals surface area contributed by atoms with Crippen molar-refractivity contribution in [3.63, 3.8) is 0 Å². The average Bonchev–Trinajstić information content (AvgIpc) is 3.65. The zero-order chi connectivity index (χ0) is 31.4. The van der Waals surface area contributed by atoms with Gasteiger partial charge in [-0.15, -0.1) is 0 Å². The summed E-state index contributed by atoms with van der Waals surface area (Å²) in [5.74, 6) is 2.20. The molecular weight excluding hydrogens is 591 g/mol. The van der Waals surface area contributed by atoms with Crippen molar-refractivity contribution in [2.24, 2.45) is 23.2 Å². The molecule has 0 saturated carbocycles. The van der Waals surface area contributed by atoms with Crippen molar-refractivity contribution < 1.29 is 28.8 Å². The molecule has 0 bridgehead atoms. The van der Waals surface area contributed by atoms with E-state index in [1.165, 1.54) is 18.2 Å². The molecule has 0 aliphatic carbocycles. The number of nitrogens with zero attached hydrogens (tertiary/aromatic N) is 2. The number of carbonyl (C=O) groups excluding carboxylic acids is 6. The van der Waals surface area contributed by atoms with Crippen LogP contribution in [0.25, 0.3) is 22.5 Å². The molecule has 14 nitrogen and oxygen atoms in total. The van der Waals surface area contributed by atoms with Crippen LogP contribution in [0.1, 0.15) is 33.7 Å². The van der Waals surface area contributed by atoms with Crippen LogP contribution in [0.4, 0.5) is 0 Å². The third-order valence-corrected chi connectivity index (χ3v) is 5.72. The molecule has 4 aromatic rings. The molecule has 218 valence electrons. The first-order valence-electron chi connectivity index (χ1n) is 11.6. The lowest BCUT2D eigenvalue weighted by molar-refractivity contribution is -0.142. The summed E-state index contributed by atoms with van der Waals surface area (Å²) in [7, 11) is 0. The van der Waals surface area contributed by atoms with Crippen molar-refractivity contribution in [2.45, 2.75) is 12.8 Å². The van der Waals surface area contributed by atoms with Gasteiger partial charge in [0, 0.05) is 21.2 Å². The normalized spacial score (nSPS) is 9.90. The van der Waals surface area contributed by atoms with Gasteiger partial charge >= 0.3 is 0 Å². The second-order valence-corrected chi connectivity index (χ2v) is 8.99. The van der Waals surface area contributed by atoms with E-state index in [-0.39, 0.29) is 11.3 Å². The number of ketones is 4. The topological polar surface area (TPSA) is 264 Å². The number of hydrogen-bond acceptors (Lipinski definition) is 10. The summed E-state index contributed by atoms with van der Waals surface area (Å²) in [6, 6.07) is 14.9. The van der Waals surface area contributed by atoms with Crippen LogP contribution in [0, 0.1) is 0 Å². The third kappa shape index (κ3) is 9.28. The molecule has 10 N–H and O–H groups in total. The molecule has 2 aromatic heterocycles. The Labute approximate surface area is 247 Å². The Bertz CT molecular complexity index is 1630. The van der Waals surface area contributed by atoms with E-state index in [1.54, 1.807) is 24.4 Å². The number of nitrogens with one attached hydrogen (secondary N) is 2. The zero-order valence-corrected chi connectivity index (χ0v) is 23.1. The predicted octanol–water partition coefficient (Wildman–Crippen LogP) is 1.53. The number of carbonyl (C=O) groups is 6. The summed E-state index contributed by atoms with van der Waals surface area (Å²) in [6.45, 7) is 0. The molecule has 0 aliphatic rings. The second-order valence-electron chi connectivity index (χ2n) is 8.12. The lowest BCUT2D eigenvalue weighted by Crippen LogP contribution is -2.28. The van der Waals surface area contributed by atoms with Gasteiger partial charge in [0.1, 0.15) is 11.4 Å². The lowest BCUT2D eigenvalue weighted by Gasteiger charge is -2.01. The maximum Gasteiger partial charge on any atom is 0.285 e. The first kappa shape index (κ1) is 33.2. The number of primary amides is 2. The van der Waals surface area contributed by atoms with E-state index in [0.29, 0.717) is 21.4 Å². The van der Waals surface area contributed by atoms with Crippen molar-refractivity contribution in [3.05, 3.63) is 82.1 Å². The zero-order valence-electron chi connectivity index (χ0n) is 21.6. The largest absolute Gasteiger partial charge is 0.364 e. The van der Waals surface area contributed by atoms with Gasteiger partial charge in [0.15, 0.2) is 5.78 Å². The summed E-state index contributed by atoms with van der Waals surface area (Å²) in [4.78, 5) is 67.0. The maximum absolute atomic E-state index is 11.7. The van der Waals surface area contributed by atoms with Crippen molar-refractivity contribution in [2.75, 3.05) is 0 Å². The average molecular weight is 615 g/mol. The summed E-state index contributed by atoms with van der Waals surface area (Å²) in [5.41, 5.74) is 13.3. The quantitative estimate of drug-likeness (QED) is 0.0492. The van der Waals surface area contributed by atoms with E-state index in [1.807, 2.05) is 18.2 Å². The minimum absolute atomic E-state index is 0.180. The Morgan fingerprint density at radius 1 is 0.762 bits per heavy atom. The third-order valence-electron chi connectivity index (χ3n) is 5.25. The number of nitrogens with two attached hydrogens (primary N) is 4. The van der Waals surface area contributed by atoms with Crippen LogP contribution in [0.2, 0.25) is 10.0 Å². The SMILES string of the molecule is NC(=O)C(=O)CC(=O)C(=O)CC(=O)c1cccc(Cl)c1.NC(=O)c1cc(-c2[nH]ncc2-c2cccc(Cl)c2)n[nH]1.NN. The number of aromatic amines is 2. The molecule has 2 amide bonds. The highest BCUT2D eigenvalue weighted by Crippen LogP contribution is 2.30. The fourth-order valence-electron chi connectivity index (χ4n) is 3.27. The van der Waals surface area contributed by atoms with Gasteiger partial charge in [0.05, 0.1) is 24.7 Å². The molecule has 2 aromatic carbocycles. The monoisotopic (exact) mass is 614 g/mol.